The van der Waals surface area contributed by atoms with Gasteiger partial charge in [-0.3, -0.25) is 0 Å². The highest BCUT2D eigenvalue weighted by atomic mass is 16.4. The molecule has 0 saturated carbocycles. The van der Waals surface area contributed by atoms with Crippen molar-refractivity contribution in [3.8, 4) is 0 Å². The minimum atomic E-state index is -0.933. The molecule has 0 bridgehead atoms. The summed E-state index contributed by atoms with van der Waals surface area (Å²) in [5.74, 6) is -0.198. The number of hydrogen-bond donors (Lipinski definition) is 2. The van der Waals surface area contributed by atoms with Gasteiger partial charge in [0.15, 0.2) is 0 Å². The van der Waals surface area contributed by atoms with Gasteiger partial charge >= 0.3 is 5.97 Å². The van der Waals surface area contributed by atoms with Gasteiger partial charge in [-0.2, -0.15) is 0 Å². The van der Waals surface area contributed by atoms with E-state index in [-0.39, 0.29) is 5.69 Å². The second kappa shape index (κ2) is 4.03. The third-order valence-electron chi connectivity index (χ3n) is 2.89. The first-order valence-corrected chi connectivity index (χ1v) is 5.55. The molecule has 0 saturated heterocycles. The van der Waals surface area contributed by atoms with Crippen molar-refractivity contribution in [3.63, 3.8) is 0 Å². The van der Waals surface area contributed by atoms with Gasteiger partial charge in [-0.05, 0) is 12.1 Å². The van der Waals surface area contributed by atoms with E-state index in [1.54, 1.807) is 23.0 Å². The Balaban J connectivity index is 2.18. The second-order valence-electron chi connectivity index (χ2n) is 4.02. The summed E-state index contributed by atoms with van der Waals surface area (Å²) < 4.78 is 1.75. The SMILES string of the molecule is O=C(O)c1cc2ccccc2n1Cc1ncc[nH]1. The Morgan fingerprint density at radius 1 is 1.39 bits per heavy atom. The number of carboxylic acids is 1. The summed E-state index contributed by atoms with van der Waals surface area (Å²) in [6, 6.07) is 9.28. The minimum Gasteiger partial charge on any atom is -0.477 e. The van der Waals surface area contributed by atoms with E-state index in [4.69, 9.17) is 0 Å². The number of rotatable bonds is 3. The summed E-state index contributed by atoms with van der Waals surface area (Å²) in [4.78, 5) is 18.4. The van der Waals surface area contributed by atoms with Gasteiger partial charge in [0.1, 0.15) is 11.5 Å². The van der Waals surface area contributed by atoms with Gasteiger partial charge in [0.25, 0.3) is 0 Å². The zero-order chi connectivity index (χ0) is 12.5. The molecule has 2 aromatic heterocycles. The smallest absolute Gasteiger partial charge is 0.352 e. The van der Waals surface area contributed by atoms with Crippen LogP contribution >= 0.6 is 0 Å². The molecule has 0 amide bonds. The van der Waals surface area contributed by atoms with E-state index >= 15 is 0 Å². The molecule has 0 unspecified atom stereocenters. The van der Waals surface area contributed by atoms with Crippen LogP contribution in [0.3, 0.4) is 0 Å². The average molecular weight is 241 g/mol. The number of nitrogens with one attached hydrogen (secondary N) is 1. The van der Waals surface area contributed by atoms with Crippen molar-refractivity contribution in [3.05, 3.63) is 54.2 Å². The molecule has 0 aliphatic carbocycles. The van der Waals surface area contributed by atoms with E-state index in [0.717, 1.165) is 16.7 Å². The topological polar surface area (TPSA) is 70.9 Å². The van der Waals surface area contributed by atoms with Crippen LogP contribution in [0.5, 0.6) is 0 Å². The first-order chi connectivity index (χ1) is 8.75. The maximum Gasteiger partial charge on any atom is 0.352 e. The van der Waals surface area contributed by atoms with Crippen molar-refractivity contribution in [1.82, 2.24) is 14.5 Å². The van der Waals surface area contributed by atoms with Crippen LogP contribution in [0.25, 0.3) is 10.9 Å². The van der Waals surface area contributed by atoms with Crippen molar-refractivity contribution in [2.75, 3.05) is 0 Å². The third-order valence-corrected chi connectivity index (χ3v) is 2.89. The van der Waals surface area contributed by atoms with Crippen LogP contribution in [-0.2, 0) is 6.54 Å². The predicted molar refractivity (Wildman–Crippen MR) is 66.6 cm³/mol. The van der Waals surface area contributed by atoms with E-state index in [1.165, 1.54) is 0 Å². The largest absolute Gasteiger partial charge is 0.477 e. The Morgan fingerprint density at radius 3 is 2.94 bits per heavy atom. The normalized spacial score (nSPS) is 10.9. The van der Waals surface area contributed by atoms with E-state index in [1.807, 2.05) is 24.3 Å². The monoisotopic (exact) mass is 241 g/mol. The standard InChI is InChI=1S/C13H11N3O2/c17-13(18)11-7-9-3-1-2-4-10(9)16(11)8-12-14-5-6-15-12/h1-7H,8H2,(H,14,15)(H,17,18). The van der Waals surface area contributed by atoms with Gasteiger partial charge in [0.05, 0.1) is 6.54 Å². The highest BCUT2D eigenvalue weighted by molar-refractivity contribution is 5.94. The molecule has 0 aliphatic heterocycles. The summed E-state index contributed by atoms with van der Waals surface area (Å²) in [7, 11) is 0. The Morgan fingerprint density at radius 2 is 2.22 bits per heavy atom. The number of carboxylic acid groups (broad SMARTS) is 1. The molecule has 3 aromatic rings. The molecule has 2 N–H and O–H groups in total. The predicted octanol–water partition coefficient (Wildman–Crippen LogP) is 2.11. The Kier molecular flexibility index (Phi) is 2.37. The number of benzene rings is 1. The van der Waals surface area contributed by atoms with E-state index < -0.39 is 5.97 Å². The maximum atomic E-state index is 11.3. The molecule has 0 spiro atoms. The molecule has 5 nitrogen and oxygen atoms in total. The van der Waals surface area contributed by atoms with Crippen molar-refractivity contribution in [2.24, 2.45) is 0 Å². The third kappa shape index (κ3) is 1.66. The molecule has 0 atom stereocenters. The Labute approximate surface area is 103 Å². The highest BCUT2D eigenvalue weighted by Gasteiger charge is 2.14. The minimum absolute atomic E-state index is 0.271. The lowest BCUT2D eigenvalue weighted by Crippen LogP contribution is -2.10. The zero-order valence-electron chi connectivity index (χ0n) is 9.50. The lowest BCUT2D eigenvalue weighted by molar-refractivity contribution is 0.0686. The van der Waals surface area contributed by atoms with Crippen LogP contribution in [0, 0.1) is 0 Å². The fourth-order valence-corrected chi connectivity index (χ4v) is 2.09. The van der Waals surface area contributed by atoms with Gasteiger partial charge in [-0.1, -0.05) is 18.2 Å². The number of hydrogen-bond acceptors (Lipinski definition) is 2. The molecular formula is C13H11N3O2. The number of aromatic amines is 1. The van der Waals surface area contributed by atoms with Crippen LogP contribution in [0.4, 0.5) is 0 Å². The summed E-state index contributed by atoms with van der Waals surface area (Å²) in [6.07, 6.45) is 3.38. The number of aromatic nitrogens is 3. The van der Waals surface area contributed by atoms with E-state index in [9.17, 15) is 9.90 Å². The number of para-hydroxylation sites is 1. The van der Waals surface area contributed by atoms with Gasteiger partial charge in [-0.25, -0.2) is 9.78 Å². The second-order valence-corrected chi connectivity index (χ2v) is 4.02. The van der Waals surface area contributed by atoms with Crippen molar-refractivity contribution >= 4 is 16.9 Å². The van der Waals surface area contributed by atoms with Crippen LogP contribution in [0.1, 0.15) is 16.3 Å². The first-order valence-electron chi connectivity index (χ1n) is 5.55. The molecule has 3 rings (SSSR count). The summed E-state index contributed by atoms with van der Waals surface area (Å²) in [6.45, 7) is 0.419. The van der Waals surface area contributed by atoms with Gasteiger partial charge in [-0.15, -0.1) is 0 Å². The lowest BCUT2D eigenvalue weighted by atomic mass is 10.2. The molecule has 5 heteroatoms. The number of fused-ring (bicyclic) bond motifs is 1. The number of carbonyl (C=O) groups is 1. The molecule has 18 heavy (non-hydrogen) atoms. The average Bonchev–Trinajstić information content (AvgIpc) is 2.98. The maximum absolute atomic E-state index is 11.3. The number of nitrogens with zero attached hydrogens (tertiary/aromatic N) is 2. The Hall–Kier alpha value is -2.56. The Bertz CT molecular complexity index is 698. The fraction of sp³-hybridized carbons (Fsp3) is 0.0769. The molecule has 90 valence electrons. The number of H-pyrrole nitrogens is 1. The van der Waals surface area contributed by atoms with Crippen LogP contribution in [0.2, 0.25) is 0 Å². The number of aromatic carboxylic acids is 1. The molecule has 0 radical (unpaired) electrons. The molecule has 0 fully saturated rings. The molecule has 2 heterocycles. The summed E-state index contributed by atoms with van der Waals surface area (Å²) >= 11 is 0. The first kappa shape index (κ1) is 10.6. The van der Waals surface area contributed by atoms with Gasteiger partial charge in [0.2, 0.25) is 0 Å². The van der Waals surface area contributed by atoms with Crippen LogP contribution in [0.15, 0.2) is 42.7 Å². The van der Waals surface area contributed by atoms with Crippen LogP contribution in [-0.4, -0.2) is 25.6 Å². The quantitative estimate of drug-likeness (QED) is 0.737. The summed E-state index contributed by atoms with van der Waals surface area (Å²) in [5.41, 5.74) is 1.17. The highest BCUT2D eigenvalue weighted by Crippen LogP contribution is 2.20. The molecule has 1 aromatic carbocycles. The lowest BCUT2D eigenvalue weighted by Gasteiger charge is -2.05. The van der Waals surface area contributed by atoms with E-state index in [0.29, 0.717) is 6.54 Å². The van der Waals surface area contributed by atoms with Gasteiger partial charge in [0, 0.05) is 23.3 Å². The van der Waals surface area contributed by atoms with E-state index in [2.05, 4.69) is 9.97 Å². The van der Waals surface area contributed by atoms with Gasteiger partial charge < -0.3 is 14.7 Å². The van der Waals surface area contributed by atoms with Crippen molar-refractivity contribution < 1.29 is 9.90 Å². The van der Waals surface area contributed by atoms with Crippen molar-refractivity contribution in [1.29, 1.82) is 0 Å². The van der Waals surface area contributed by atoms with Crippen molar-refractivity contribution in [2.45, 2.75) is 6.54 Å². The number of imidazole rings is 1. The molecular weight excluding hydrogens is 230 g/mol. The zero-order valence-corrected chi connectivity index (χ0v) is 9.50. The summed E-state index contributed by atoms with van der Waals surface area (Å²) in [5, 5.41) is 10.2. The van der Waals surface area contributed by atoms with Crippen LogP contribution < -0.4 is 0 Å². The molecule has 0 aliphatic rings. The fourth-order valence-electron chi connectivity index (χ4n) is 2.09.